The number of hydrogen-bond acceptors (Lipinski definition) is 5. The van der Waals surface area contributed by atoms with Crippen molar-refractivity contribution in [1.82, 2.24) is 4.98 Å². The molecule has 1 heterocycles. The minimum absolute atomic E-state index is 0.170. The number of benzene rings is 1. The maximum Gasteiger partial charge on any atom is 0.342 e. The van der Waals surface area contributed by atoms with Crippen LogP contribution in [0.4, 0.5) is 11.4 Å². The van der Waals surface area contributed by atoms with Gasteiger partial charge in [0.25, 0.3) is 0 Å². The van der Waals surface area contributed by atoms with Crippen molar-refractivity contribution in [1.29, 1.82) is 0 Å². The van der Waals surface area contributed by atoms with Crippen LogP contribution in [0.1, 0.15) is 21.5 Å². The van der Waals surface area contributed by atoms with Crippen LogP contribution in [0.2, 0.25) is 0 Å². The van der Waals surface area contributed by atoms with Crippen LogP contribution in [-0.2, 0) is 6.54 Å². The second-order valence-electron chi connectivity index (χ2n) is 4.42. The maximum atomic E-state index is 11.1. The lowest BCUT2D eigenvalue weighted by atomic mass is 10.1. The van der Waals surface area contributed by atoms with Gasteiger partial charge in [0.2, 0.25) is 0 Å². The highest BCUT2D eigenvalue weighted by Gasteiger charge is 2.23. The number of pyridine rings is 1. The van der Waals surface area contributed by atoms with Crippen LogP contribution in [0, 0.1) is 17.0 Å². The molecule has 2 aromatic rings. The highest BCUT2D eigenvalue weighted by atomic mass is 16.6. The van der Waals surface area contributed by atoms with Gasteiger partial charge in [-0.3, -0.25) is 15.1 Å². The number of nitro groups is 1. The summed E-state index contributed by atoms with van der Waals surface area (Å²) >= 11 is 0. The molecular weight excluding hydrogens is 274 g/mol. The van der Waals surface area contributed by atoms with Gasteiger partial charge >= 0.3 is 11.7 Å². The number of rotatable bonds is 5. The molecule has 2 rings (SSSR count). The summed E-state index contributed by atoms with van der Waals surface area (Å²) < 4.78 is 0. The van der Waals surface area contributed by atoms with E-state index in [4.69, 9.17) is 5.11 Å². The lowest BCUT2D eigenvalue weighted by Gasteiger charge is -2.10. The topological polar surface area (TPSA) is 105 Å². The number of nitro benzene ring substituents is 1. The van der Waals surface area contributed by atoms with E-state index in [2.05, 4.69) is 10.3 Å². The fourth-order valence-corrected chi connectivity index (χ4v) is 1.93. The Labute approximate surface area is 120 Å². The highest BCUT2D eigenvalue weighted by molar-refractivity contribution is 5.95. The van der Waals surface area contributed by atoms with E-state index in [0.29, 0.717) is 6.54 Å². The third-order valence-electron chi connectivity index (χ3n) is 3.07. The van der Waals surface area contributed by atoms with E-state index in [1.807, 2.05) is 13.0 Å². The van der Waals surface area contributed by atoms with E-state index in [9.17, 15) is 14.9 Å². The molecule has 0 amide bonds. The van der Waals surface area contributed by atoms with Gasteiger partial charge in [-0.25, -0.2) is 4.79 Å². The Morgan fingerprint density at radius 1 is 1.43 bits per heavy atom. The van der Waals surface area contributed by atoms with Crippen molar-refractivity contribution >= 4 is 17.3 Å². The van der Waals surface area contributed by atoms with Gasteiger partial charge in [-0.2, -0.15) is 0 Å². The van der Waals surface area contributed by atoms with Crippen molar-refractivity contribution in [2.45, 2.75) is 13.5 Å². The molecule has 0 radical (unpaired) electrons. The lowest BCUT2D eigenvalue weighted by molar-refractivity contribution is -0.384. The van der Waals surface area contributed by atoms with Gasteiger partial charge in [0, 0.05) is 18.9 Å². The van der Waals surface area contributed by atoms with E-state index in [0.717, 1.165) is 11.1 Å². The highest BCUT2D eigenvalue weighted by Crippen LogP contribution is 2.29. The molecule has 0 unspecified atom stereocenters. The number of para-hydroxylation sites is 1. The molecule has 0 fully saturated rings. The Morgan fingerprint density at radius 2 is 2.19 bits per heavy atom. The molecular formula is C14H13N3O4. The molecule has 0 aliphatic heterocycles. The first-order valence-electron chi connectivity index (χ1n) is 6.14. The number of nitrogens with zero attached hydrogens (tertiary/aromatic N) is 2. The second-order valence-corrected chi connectivity index (χ2v) is 4.42. The summed E-state index contributed by atoms with van der Waals surface area (Å²) in [6, 6.07) is 5.99. The predicted molar refractivity (Wildman–Crippen MR) is 76.4 cm³/mol. The molecule has 7 heteroatoms. The average molecular weight is 287 g/mol. The first kappa shape index (κ1) is 14.4. The zero-order chi connectivity index (χ0) is 15.4. The number of anilines is 1. The molecule has 1 aromatic carbocycles. The SMILES string of the molecule is Cc1ccncc1CNc1cccc(C(=O)O)c1[N+](=O)[O-]. The molecule has 0 saturated heterocycles. The number of carboxylic acids is 1. The van der Waals surface area contributed by atoms with Crippen LogP contribution in [0.15, 0.2) is 36.7 Å². The van der Waals surface area contributed by atoms with E-state index < -0.39 is 16.6 Å². The Balaban J connectivity index is 2.32. The number of carboxylic acid groups (broad SMARTS) is 1. The summed E-state index contributed by atoms with van der Waals surface area (Å²) in [7, 11) is 0. The number of nitrogens with one attached hydrogen (secondary N) is 1. The molecule has 7 nitrogen and oxygen atoms in total. The molecule has 2 N–H and O–H groups in total. The molecule has 108 valence electrons. The summed E-state index contributed by atoms with van der Waals surface area (Å²) in [6.07, 6.45) is 3.32. The van der Waals surface area contributed by atoms with Gasteiger partial charge in [0.05, 0.1) is 4.92 Å². The first-order chi connectivity index (χ1) is 10.0. The quantitative estimate of drug-likeness (QED) is 0.646. The summed E-state index contributed by atoms with van der Waals surface area (Å²) in [4.78, 5) is 25.5. The van der Waals surface area contributed by atoms with E-state index in [1.54, 1.807) is 12.4 Å². The van der Waals surface area contributed by atoms with Crippen molar-refractivity contribution in [3.8, 4) is 0 Å². The Hall–Kier alpha value is -2.96. The second kappa shape index (κ2) is 6.00. The van der Waals surface area contributed by atoms with Gasteiger partial charge in [0.1, 0.15) is 11.3 Å². The van der Waals surface area contributed by atoms with E-state index >= 15 is 0 Å². The fourth-order valence-electron chi connectivity index (χ4n) is 1.93. The Bertz CT molecular complexity index is 700. The maximum absolute atomic E-state index is 11.1. The molecule has 0 spiro atoms. The normalized spacial score (nSPS) is 10.1. The third-order valence-corrected chi connectivity index (χ3v) is 3.07. The summed E-state index contributed by atoms with van der Waals surface area (Å²) in [5.74, 6) is -1.33. The average Bonchev–Trinajstić information content (AvgIpc) is 2.45. The zero-order valence-corrected chi connectivity index (χ0v) is 11.2. The summed E-state index contributed by atoms with van der Waals surface area (Å²) in [5.41, 5.74) is 1.27. The standard InChI is InChI=1S/C14H13N3O4/c1-9-5-6-15-7-10(9)8-16-12-4-2-3-11(14(18)19)13(12)17(20)21/h2-7,16H,8H2,1H3,(H,18,19). The van der Waals surface area contributed by atoms with E-state index in [1.165, 1.54) is 18.2 Å². The predicted octanol–water partition coefficient (Wildman–Crippen LogP) is 2.61. The van der Waals surface area contributed by atoms with Crippen LogP contribution >= 0.6 is 0 Å². The molecule has 0 aliphatic carbocycles. The number of aromatic nitrogens is 1. The van der Waals surface area contributed by atoms with Crippen LogP contribution < -0.4 is 5.32 Å². The van der Waals surface area contributed by atoms with Gasteiger partial charge in [-0.1, -0.05) is 6.07 Å². The van der Waals surface area contributed by atoms with Gasteiger partial charge in [-0.15, -0.1) is 0 Å². The number of aromatic carboxylic acids is 1. The minimum atomic E-state index is -1.33. The third kappa shape index (κ3) is 3.14. The molecule has 1 aromatic heterocycles. The van der Waals surface area contributed by atoms with Crippen LogP contribution in [0.3, 0.4) is 0 Å². The Kier molecular flexibility index (Phi) is 4.13. The first-order valence-corrected chi connectivity index (χ1v) is 6.14. The molecule has 0 aliphatic rings. The minimum Gasteiger partial charge on any atom is -0.477 e. The number of hydrogen-bond donors (Lipinski definition) is 2. The largest absolute Gasteiger partial charge is 0.477 e. The summed E-state index contributed by atoms with van der Waals surface area (Å²) in [6.45, 7) is 2.23. The van der Waals surface area contributed by atoms with Crippen molar-refractivity contribution in [2.75, 3.05) is 5.32 Å². The molecule has 0 saturated carbocycles. The van der Waals surface area contributed by atoms with Crippen LogP contribution in [-0.4, -0.2) is 21.0 Å². The lowest BCUT2D eigenvalue weighted by Crippen LogP contribution is -2.08. The van der Waals surface area contributed by atoms with Crippen molar-refractivity contribution in [3.63, 3.8) is 0 Å². The molecule has 0 atom stereocenters. The molecule has 21 heavy (non-hydrogen) atoms. The molecule has 0 bridgehead atoms. The number of aryl methyl sites for hydroxylation is 1. The Morgan fingerprint density at radius 3 is 2.81 bits per heavy atom. The van der Waals surface area contributed by atoms with Crippen molar-refractivity contribution in [3.05, 3.63) is 63.5 Å². The van der Waals surface area contributed by atoms with Gasteiger partial charge < -0.3 is 10.4 Å². The van der Waals surface area contributed by atoms with Crippen LogP contribution in [0.5, 0.6) is 0 Å². The number of carbonyl (C=O) groups is 1. The smallest absolute Gasteiger partial charge is 0.342 e. The monoisotopic (exact) mass is 287 g/mol. The van der Waals surface area contributed by atoms with E-state index in [-0.39, 0.29) is 11.3 Å². The van der Waals surface area contributed by atoms with Gasteiger partial charge in [-0.05, 0) is 36.2 Å². The van der Waals surface area contributed by atoms with Crippen LogP contribution in [0.25, 0.3) is 0 Å². The summed E-state index contributed by atoms with van der Waals surface area (Å²) in [5, 5.41) is 23.0. The fraction of sp³-hybridized carbons (Fsp3) is 0.143. The van der Waals surface area contributed by atoms with Crippen molar-refractivity contribution in [2.24, 2.45) is 0 Å². The van der Waals surface area contributed by atoms with Crippen molar-refractivity contribution < 1.29 is 14.8 Å². The zero-order valence-electron chi connectivity index (χ0n) is 11.2. The van der Waals surface area contributed by atoms with Gasteiger partial charge in [0.15, 0.2) is 0 Å².